The number of thiazole rings is 1. The summed E-state index contributed by atoms with van der Waals surface area (Å²) in [6, 6.07) is 3.47. The standard InChI is InChI=1S/C13H16N2O4S/c1-18-10-3-8(4-11(19-2)12(10)16)5-14-6-9-7-20-13(17)15-9/h3-4,7,14,16H,5-6H2,1-2H3,(H,15,17). The summed E-state index contributed by atoms with van der Waals surface area (Å²) in [5.74, 6) is 0.719. The lowest BCUT2D eigenvalue weighted by Gasteiger charge is -2.11. The second-order valence-corrected chi connectivity index (χ2v) is 4.97. The Kier molecular flexibility index (Phi) is 4.65. The summed E-state index contributed by atoms with van der Waals surface area (Å²) in [4.78, 5) is 13.7. The third-order valence-corrected chi connectivity index (χ3v) is 3.47. The highest BCUT2D eigenvalue weighted by atomic mass is 32.1. The number of aromatic amines is 1. The molecule has 1 aromatic carbocycles. The number of H-pyrrole nitrogens is 1. The summed E-state index contributed by atoms with van der Waals surface area (Å²) in [6.45, 7) is 1.12. The zero-order valence-corrected chi connectivity index (χ0v) is 12.0. The minimum atomic E-state index is -0.0604. The van der Waals surface area contributed by atoms with E-state index in [-0.39, 0.29) is 10.6 Å². The number of hydrogen-bond donors (Lipinski definition) is 3. The molecular weight excluding hydrogens is 280 g/mol. The Hall–Kier alpha value is -1.99. The monoisotopic (exact) mass is 296 g/mol. The maximum atomic E-state index is 11.0. The molecule has 2 rings (SSSR count). The minimum Gasteiger partial charge on any atom is -0.502 e. The molecule has 0 amide bonds. The molecule has 0 saturated heterocycles. The number of phenols is 1. The highest BCUT2D eigenvalue weighted by Gasteiger charge is 2.10. The third-order valence-electron chi connectivity index (χ3n) is 2.76. The zero-order valence-electron chi connectivity index (χ0n) is 11.2. The van der Waals surface area contributed by atoms with Gasteiger partial charge < -0.3 is 24.9 Å². The van der Waals surface area contributed by atoms with Crippen molar-refractivity contribution in [2.45, 2.75) is 13.1 Å². The van der Waals surface area contributed by atoms with Crippen LogP contribution in [0, 0.1) is 0 Å². The molecular formula is C13H16N2O4S. The number of methoxy groups -OCH3 is 2. The first-order chi connectivity index (χ1) is 9.63. The summed E-state index contributed by atoms with van der Waals surface area (Å²) >= 11 is 1.14. The molecule has 20 heavy (non-hydrogen) atoms. The van der Waals surface area contributed by atoms with E-state index in [2.05, 4.69) is 10.3 Å². The van der Waals surface area contributed by atoms with Gasteiger partial charge in [0.25, 0.3) is 0 Å². The lowest BCUT2D eigenvalue weighted by atomic mass is 10.2. The van der Waals surface area contributed by atoms with Crippen LogP contribution in [0.5, 0.6) is 17.2 Å². The topological polar surface area (TPSA) is 83.6 Å². The van der Waals surface area contributed by atoms with Gasteiger partial charge in [-0.05, 0) is 17.7 Å². The third kappa shape index (κ3) is 3.31. The van der Waals surface area contributed by atoms with E-state index in [9.17, 15) is 9.90 Å². The molecule has 2 aromatic rings. The van der Waals surface area contributed by atoms with Crippen molar-refractivity contribution in [2.24, 2.45) is 0 Å². The van der Waals surface area contributed by atoms with Gasteiger partial charge in [0.15, 0.2) is 11.5 Å². The normalized spacial score (nSPS) is 10.5. The predicted octanol–water partition coefficient (Wildman–Crippen LogP) is 1.45. The Balaban J connectivity index is 2.03. The van der Waals surface area contributed by atoms with Gasteiger partial charge in [-0.1, -0.05) is 11.3 Å². The van der Waals surface area contributed by atoms with Crippen molar-refractivity contribution < 1.29 is 14.6 Å². The number of rotatable bonds is 6. The lowest BCUT2D eigenvalue weighted by Crippen LogP contribution is -2.14. The van der Waals surface area contributed by atoms with E-state index in [4.69, 9.17) is 9.47 Å². The molecule has 6 nitrogen and oxygen atoms in total. The van der Waals surface area contributed by atoms with Crippen LogP contribution in [-0.4, -0.2) is 24.3 Å². The molecule has 0 aliphatic heterocycles. The number of nitrogens with one attached hydrogen (secondary N) is 2. The van der Waals surface area contributed by atoms with Gasteiger partial charge in [0.05, 0.1) is 14.2 Å². The van der Waals surface area contributed by atoms with Crippen LogP contribution in [0.3, 0.4) is 0 Å². The van der Waals surface area contributed by atoms with Crippen molar-refractivity contribution >= 4 is 11.3 Å². The van der Waals surface area contributed by atoms with Crippen LogP contribution in [0.15, 0.2) is 22.3 Å². The van der Waals surface area contributed by atoms with Gasteiger partial charge in [-0.3, -0.25) is 4.79 Å². The average Bonchev–Trinajstić information content (AvgIpc) is 2.86. The fourth-order valence-corrected chi connectivity index (χ4v) is 2.37. The Morgan fingerprint density at radius 1 is 1.25 bits per heavy atom. The van der Waals surface area contributed by atoms with Gasteiger partial charge >= 0.3 is 4.87 Å². The highest BCUT2D eigenvalue weighted by Crippen LogP contribution is 2.36. The Morgan fingerprint density at radius 3 is 2.40 bits per heavy atom. The van der Waals surface area contributed by atoms with Crippen molar-refractivity contribution in [2.75, 3.05) is 14.2 Å². The Labute approximate surface area is 120 Å². The van der Waals surface area contributed by atoms with E-state index in [0.29, 0.717) is 24.6 Å². The van der Waals surface area contributed by atoms with E-state index in [1.54, 1.807) is 17.5 Å². The van der Waals surface area contributed by atoms with Gasteiger partial charge in [-0.25, -0.2) is 0 Å². The van der Waals surface area contributed by atoms with E-state index in [1.165, 1.54) is 14.2 Å². The molecule has 108 valence electrons. The molecule has 7 heteroatoms. The maximum absolute atomic E-state index is 11.0. The summed E-state index contributed by atoms with van der Waals surface area (Å²) < 4.78 is 10.2. The second-order valence-electron chi connectivity index (χ2n) is 4.13. The number of aromatic hydroxyl groups is 1. The van der Waals surface area contributed by atoms with Crippen molar-refractivity contribution in [1.82, 2.24) is 10.3 Å². The summed E-state index contributed by atoms with van der Waals surface area (Å²) in [5, 5.41) is 14.8. The van der Waals surface area contributed by atoms with Crippen LogP contribution in [0.2, 0.25) is 0 Å². The molecule has 1 aromatic heterocycles. The number of phenolic OH excluding ortho intramolecular Hbond substituents is 1. The molecule has 0 aliphatic rings. The molecule has 1 heterocycles. The van der Waals surface area contributed by atoms with E-state index < -0.39 is 0 Å². The van der Waals surface area contributed by atoms with Gasteiger partial charge in [-0.2, -0.15) is 0 Å². The summed E-state index contributed by atoms with van der Waals surface area (Å²) in [6.07, 6.45) is 0. The van der Waals surface area contributed by atoms with E-state index in [1.807, 2.05) is 0 Å². The summed E-state index contributed by atoms with van der Waals surface area (Å²) in [5.41, 5.74) is 1.76. The van der Waals surface area contributed by atoms with Gasteiger partial charge in [0, 0.05) is 24.2 Å². The van der Waals surface area contributed by atoms with Crippen LogP contribution < -0.4 is 19.7 Å². The molecule has 3 N–H and O–H groups in total. The SMILES string of the molecule is COc1cc(CNCc2csc(=O)[nH]2)cc(OC)c1O. The maximum Gasteiger partial charge on any atom is 0.304 e. The van der Waals surface area contributed by atoms with Crippen LogP contribution >= 0.6 is 11.3 Å². The second kappa shape index (κ2) is 6.44. The Morgan fingerprint density at radius 2 is 1.90 bits per heavy atom. The van der Waals surface area contributed by atoms with Gasteiger partial charge in [0.2, 0.25) is 5.75 Å². The molecule has 0 saturated carbocycles. The van der Waals surface area contributed by atoms with Crippen LogP contribution in [-0.2, 0) is 13.1 Å². The molecule has 0 spiro atoms. The lowest BCUT2D eigenvalue weighted by molar-refractivity contribution is 0.339. The van der Waals surface area contributed by atoms with Crippen molar-refractivity contribution in [1.29, 1.82) is 0 Å². The fraction of sp³-hybridized carbons (Fsp3) is 0.308. The zero-order chi connectivity index (χ0) is 14.5. The predicted molar refractivity (Wildman–Crippen MR) is 76.7 cm³/mol. The number of hydrogen-bond acceptors (Lipinski definition) is 6. The van der Waals surface area contributed by atoms with Gasteiger partial charge in [0.1, 0.15) is 0 Å². The molecule has 0 unspecified atom stereocenters. The molecule has 0 radical (unpaired) electrons. The Bertz CT molecular complexity index is 610. The quantitative estimate of drug-likeness (QED) is 0.751. The largest absolute Gasteiger partial charge is 0.502 e. The highest BCUT2D eigenvalue weighted by molar-refractivity contribution is 7.07. The smallest absolute Gasteiger partial charge is 0.304 e. The van der Waals surface area contributed by atoms with Crippen molar-refractivity contribution in [3.63, 3.8) is 0 Å². The molecule has 0 atom stereocenters. The number of ether oxygens (including phenoxy) is 2. The minimum absolute atomic E-state index is 0.0130. The van der Waals surface area contributed by atoms with Crippen molar-refractivity contribution in [3.05, 3.63) is 38.4 Å². The number of aromatic nitrogens is 1. The fourth-order valence-electron chi connectivity index (χ4n) is 1.79. The average molecular weight is 296 g/mol. The van der Waals surface area contributed by atoms with Crippen LogP contribution in [0.1, 0.15) is 11.3 Å². The summed E-state index contributed by atoms with van der Waals surface area (Å²) in [7, 11) is 2.98. The van der Waals surface area contributed by atoms with E-state index >= 15 is 0 Å². The first-order valence-corrected chi connectivity index (χ1v) is 6.83. The van der Waals surface area contributed by atoms with Crippen molar-refractivity contribution in [3.8, 4) is 17.2 Å². The van der Waals surface area contributed by atoms with Gasteiger partial charge in [-0.15, -0.1) is 0 Å². The number of benzene rings is 1. The molecule has 0 bridgehead atoms. The van der Waals surface area contributed by atoms with Crippen LogP contribution in [0.25, 0.3) is 0 Å². The van der Waals surface area contributed by atoms with E-state index in [0.717, 1.165) is 22.6 Å². The molecule has 0 aliphatic carbocycles. The first-order valence-electron chi connectivity index (χ1n) is 5.95. The molecule has 0 fully saturated rings. The van der Waals surface area contributed by atoms with Crippen LogP contribution in [0.4, 0.5) is 0 Å². The first kappa shape index (κ1) is 14.4.